The molecule has 0 unspecified atom stereocenters. The molecule has 76 valence electrons. The number of ketones is 1. The number of hydrogen-bond acceptors (Lipinski definition) is 4. The first-order chi connectivity index (χ1) is 7.25. The van der Waals surface area contributed by atoms with Gasteiger partial charge in [0.1, 0.15) is 0 Å². The van der Waals surface area contributed by atoms with Gasteiger partial charge in [0.2, 0.25) is 0 Å². The molecule has 3 rings (SSSR count). The van der Waals surface area contributed by atoms with Crippen LogP contribution in [0.4, 0.5) is 0 Å². The number of rotatable bonds is 0. The molecule has 0 saturated carbocycles. The summed E-state index contributed by atoms with van der Waals surface area (Å²) in [6.45, 7) is 0.827. The maximum absolute atomic E-state index is 11.8. The average molecular weight is 202 g/mol. The maximum Gasteiger partial charge on any atom is 0.182 e. The van der Waals surface area contributed by atoms with Gasteiger partial charge in [0.05, 0.1) is 29.7 Å². The van der Waals surface area contributed by atoms with Crippen molar-refractivity contribution in [3.63, 3.8) is 0 Å². The first-order valence-electron chi connectivity index (χ1n) is 4.74. The van der Waals surface area contributed by atoms with Crippen molar-refractivity contribution >= 4 is 16.8 Å². The molecule has 3 heterocycles. The second kappa shape index (κ2) is 2.88. The van der Waals surface area contributed by atoms with Crippen molar-refractivity contribution in [2.45, 2.75) is 6.54 Å². The summed E-state index contributed by atoms with van der Waals surface area (Å²) in [5.41, 5.74) is 3.21. The van der Waals surface area contributed by atoms with E-state index in [9.17, 15) is 4.79 Å². The summed E-state index contributed by atoms with van der Waals surface area (Å²) < 4.78 is 0. The van der Waals surface area contributed by atoms with Gasteiger partial charge in [-0.2, -0.15) is 0 Å². The smallest absolute Gasteiger partial charge is 0.182 e. The largest absolute Gasteiger partial charge is 0.355 e. The number of H-pyrrole nitrogens is 1. The van der Waals surface area contributed by atoms with E-state index >= 15 is 0 Å². The fourth-order valence-corrected chi connectivity index (χ4v) is 2.01. The lowest BCUT2D eigenvalue weighted by Crippen LogP contribution is -2.39. The molecule has 0 amide bonds. The van der Waals surface area contributed by atoms with E-state index in [-0.39, 0.29) is 12.3 Å². The molecule has 0 radical (unpaired) electrons. The van der Waals surface area contributed by atoms with Crippen molar-refractivity contribution in [1.29, 1.82) is 0 Å². The molecule has 0 bridgehead atoms. The second-order valence-corrected chi connectivity index (χ2v) is 3.71. The highest BCUT2D eigenvalue weighted by atomic mass is 16.1. The van der Waals surface area contributed by atoms with E-state index < -0.39 is 0 Å². The summed E-state index contributed by atoms with van der Waals surface area (Å²) in [5.74, 6) is 5.67. The van der Waals surface area contributed by atoms with Crippen molar-refractivity contribution in [1.82, 2.24) is 15.0 Å². The van der Waals surface area contributed by atoms with Crippen LogP contribution in [-0.4, -0.2) is 27.3 Å². The fraction of sp³-hybridized carbons (Fsp3) is 0.200. The number of aromatic amines is 1. The number of carbonyl (C=O) groups excluding carboxylic acids is 1. The van der Waals surface area contributed by atoms with Crippen LogP contribution < -0.4 is 5.84 Å². The first kappa shape index (κ1) is 8.58. The zero-order chi connectivity index (χ0) is 10.4. The Morgan fingerprint density at radius 3 is 3.20 bits per heavy atom. The van der Waals surface area contributed by atoms with Gasteiger partial charge < -0.3 is 4.98 Å². The van der Waals surface area contributed by atoms with Crippen LogP contribution >= 0.6 is 0 Å². The Bertz CT molecular complexity index is 545. The van der Waals surface area contributed by atoms with Gasteiger partial charge >= 0.3 is 0 Å². The monoisotopic (exact) mass is 202 g/mol. The van der Waals surface area contributed by atoms with E-state index in [1.165, 1.54) is 5.01 Å². The SMILES string of the molecule is NN1CC(=O)c2c([nH]c3cccnc23)C1. The highest BCUT2D eigenvalue weighted by molar-refractivity contribution is 6.09. The lowest BCUT2D eigenvalue weighted by molar-refractivity contribution is 0.0903. The molecule has 0 saturated heterocycles. The zero-order valence-corrected chi connectivity index (χ0v) is 8.03. The van der Waals surface area contributed by atoms with E-state index in [4.69, 9.17) is 5.84 Å². The number of hydrazine groups is 1. The van der Waals surface area contributed by atoms with Crippen LogP contribution in [0.5, 0.6) is 0 Å². The third-order valence-corrected chi connectivity index (χ3v) is 2.62. The van der Waals surface area contributed by atoms with Gasteiger partial charge in [0, 0.05) is 11.9 Å². The van der Waals surface area contributed by atoms with Gasteiger partial charge in [0.25, 0.3) is 0 Å². The molecular formula is C10H10N4O. The Morgan fingerprint density at radius 1 is 1.47 bits per heavy atom. The summed E-state index contributed by atoms with van der Waals surface area (Å²) >= 11 is 0. The normalized spacial score (nSPS) is 17.0. The zero-order valence-electron chi connectivity index (χ0n) is 8.03. The highest BCUT2D eigenvalue weighted by Crippen LogP contribution is 2.24. The van der Waals surface area contributed by atoms with Gasteiger partial charge in [0.15, 0.2) is 5.78 Å². The third kappa shape index (κ3) is 1.17. The molecule has 15 heavy (non-hydrogen) atoms. The lowest BCUT2D eigenvalue weighted by Gasteiger charge is -2.20. The minimum atomic E-state index is 0.0312. The summed E-state index contributed by atoms with van der Waals surface area (Å²) in [6.07, 6.45) is 1.69. The van der Waals surface area contributed by atoms with Gasteiger partial charge in [-0.05, 0) is 12.1 Å². The van der Waals surface area contributed by atoms with Crippen LogP contribution in [0.3, 0.4) is 0 Å². The van der Waals surface area contributed by atoms with Crippen molar-refractivity contribution in [3.05, 3.63) is 29.6 Å². The predicted octanol–water partition coefficient (Wildman–Crippen LogP) is 0.435. The maximum atomic E-state index is 11.8. The molecule has 2 aromatic rings. The number of fused-ring (bicyclic) bond motifs is 3. The molecule has 0 fully saturated rings. The molecule has 5 heteroatoms. The Labute approximate surface area is 85.9 Å². The molecule has 0 aromatic carbocycles. The van der Waals surface area contributed by atoms with Gasteiger partial charge in [-0.25, -0.2) is 5.01 Å². The van der Waals surface area contributed by atoms with E-state index in [0.717, 1.165) is 16.7 Å². The molecular weight excluding hydrogens is 192 g/mol. The summed E-state index contributed by atoms with van der Waals surface area (Å²) in [7, 11) is 0. The van der Waals surface area contributed by atoms with Crippen LogP contribution in [0.2, 0.25) is 0 Å². The number of carbonyl (C=O) groups is 1. The number of hydrogen-bond donors (Lipinski definition) is 2. The Balaban J connectivity index is 2.32. The topological polar surface area (TPSA) is 75.0 Å². The molecule has 0 aliphatic carbocycles. The van der Waals surface area contributed by atoms with Crippen molar-refractivity contribution in [2.24, 2.45) is 5.84 Å². The highest BCUT2D eigenvalue weighted by Gasteiger charge is 2.25. The van der Waals surface area contributed by atoms with Crippen LogP contribution in [0.15, 0.2) is 18.3 Å². The minimum Gasteiger partial charge on any atom is -0.355 e. The number of nitrogens with one attached hydrogen (secondary N) is 1. The molecule has 1 aliphatic rings. The summed E-state index contributed by atoms with van der Waals surface area (Å²) in [6, 6.07) is 3.75. The summed E-state index contributed by atoms with van der Waals surface area (Å²) in [4.78, 5) is 19.2. The van der Waals surface area contributed by atoms with E-state index in [1.54, 1.807) is 6.20 Å². The van der Waals surface area contributed by atoms with Crippen molar-refractivity contribution in [3.8, 4) is 0 Å². The number of aromatic nitrogens is 2. The van der Waals surface area contributed by atoms with E-state index in [2.05, 4.69) is 9.97 Å². The molecule has 2 aromatic heterocycles. The average Bonchev–Trinajstić information content (AvgIpc) is 2.54. The van der Waals surface area contributed by atoms with Crippen molar-refractivity contribution < 1.29 is 4.79 Å². The third-order valence-electron chi connectivity index (χ3n) is 2.62. The Morgan fingerprint density at radius 2 is 2.33 bits per heavy atom. The predicted molar refractivity (Wildman–Crippen MR) is 55.0 cm³/mol. The standard InChI is InChI=1S/C10H10N4O/c11-14-4-7-9(8(15)5-14)10-6(13-7)2-1-3-12-10/h1-3,13H,4-5,11H2. The molecule has 0 atom stereocenters. The summed E-state index contributed by atoms with van der Waals surface area (Å²) in [5, 5.41) is 1.50. The van der Waals surface area contributed by atoms with Gasteiger partial charge in [-0.1, -0.05) is 0 Å². The minimum absolute atomic E-state index is 0.0312. The van der Waals surface area contributed by atoms with Crippen molar-refractivity contribution in [2.75, 3.05) is 6.54 Å². The van der Waals surface area contributed by atoms with Crippen LogP contribution in [0.1, 0.15) is 16.1 Å². The Kier molecular flexibility index (Phi) is 1.65. The van der Waals surface area contributed by atoms with Gasteiger partial charge in [-0.3, -0.25) is 15.6 Å². The molecule has 3 N–H and O–H groups in total. The number of Topliss-reactive ketones (excluding diaryl/α,β-unsaturated/α-hetero) is 1. The quantitative estimate of drug-likeness (QED) is 0.608. The lowest BCUT2D eigenvalue weighted by atomic mass is 10.1. The number of nitrogens with zero attached hydrogens (tertiary/aromatic N) is 2. The second-order valence-electron chi connectivity index (χ2n) is 3.71. The van der Waals surface area contributed by atoms with Crippen LogP contribution in [0.25, 0.3) is 11.0 Å². The number of nitrogens with two attached hydrogens (primary N) is 1. The molecule has 0 spiro atoms. The van der Waals surface area contributed by atoms with Crippen LogP contribution in [-0.2, 0) is 6.54 Å². The Hall–Kier alpha value is -1.72. The van der Waals surface area contributed by atoms with Gasteiger partial charge in [-0.15, -0.1) is 0 Å². The molecule has 5 nitrogen and oxygen atoms in total. The van der Waals surface area contributed by atoms with E-state index in [0.29, 0.717) is 12.1 Å². The first-order valence-corrected chi connectivity index (χ1v) is 4.74. The fourth-order valence-electron chi connectivity index (χ4n) is 2.01. The number of pyridine rings is 1. The van der Waals surface area contributed by atoms with Crippen LogP contribution in [0, 0.1) is 0 Å². The molecule has 1 aliphatic heterocycles. The van der Waals surface area contributed by atoms with E-state index in [1.807, 2.05) is 12.1 Å².